The van der Waals surface area contributed by atoms with Crippen LogP contribution in [0, 0.1) is 0 Å². The number of unbranched alkanes of at least 4 members (excludes halogenated alkanes) is 28. The maximum Gasteiger partial charge on any atom is 0.472 e. The van der Waals surface area contributed by atoms with Gasteiger partial charge >= 0.3 is 13.8 Å². The fourth-order valence-corrected chi connectivity index (χ4v) is 8.68. The van der Waals surface area contributed by atoms with Gasteiger partial charge in [0.25, 0.3) is 0 Å². The van der Waals surface area contributed by atoms with E-state index in [-0.39, 0.29) is 13.0 Å². The standard InChI is InChI=1S/C47H91O12P/c1-3-5-7-9-11-13-15-16-17-18-19-20-21-22-23-24-25-26-27-28-30-32-34-36-41(48)58-40(38-56-37-35-33-31-29-14-12-10-8-6-4-2)39-57-60(54,55)59-47-45(52)43(50)42(49)44(51)46(47)53/h18-19,40,42-47,49-53H,3-17,20-39H2,1-2H3,(H,54,55)/b19-18-. The number of rotatable bonds is 42. The lowest BCUT2D eigenvalue weighted by molar-refractivity contribution is -0.220. The number of esters is 1. The average molecular weight is 879 g/mol. The number of aliphatic hydroxyl groups excluding tert-OH is 5. The first kappa shape index (κ1) is 57.1. The van der Waals surface area contributed by atoms with Gasteiger partial charge in [-0.15, -0.1) is 0 Å². The van der Waals surface area contributed by atoms with Crippen molar-refractivity contribution in [2.75, 3.05) is 19.8 Å². The Labute approximate surface area is 365 Å². The van der Waals surface area contributed by atoms with Gasteiger partial charge in [0.15, 0.2) is 0 Å². The predicted octanol–water partition coefficient (Wildman–Crippen LogP) is 10.3. The smallest absolute Gasteiger partial charge is 0.457 e. The first-order valence-corrected chi connectivity index (χ1v) is 26.0. The van der Waals surface area contributed by atoms with Gasteiger partial charge in [-0.2, -0.15) is 0 Å². The lowest BCUT2D eigenvalue weighted by atomic mass is 9.85. The third kappa shape index (κ3) is 30.2. The molecule has 1 aliphatic rings. The number of carbonyl (C=O) groups is 1. The number of carbonyl (C=O) groups excluding carboxylic acids is 1. The molecule has 0 saturated heterocycles. The molecule has 356 valence electrons. The molecule has 0 aromatic rings. The maximum atomic E-state index is 12.8. The summed E-state index contributed by atoms with van der Waals surface area (Å²) in [7, 11) is -5.01. The molecule has 0 radical (unpaired) electrons. The molecule has 0 spiro atoms. The summed E-state index contributed by atoms with van der Waals surface area (Å²) >= 11 is 0. The third-order valence-corrected chi connectivity index (χ3v) is 12.6. The van der Waals surface area contributed by atoms with Crippen LogP contribution in [0.2, 0.25) is 0 Å². The normalized spacial score (nSPS) is 22.3. The van der Waals surface area contributed by atoms with Crippen molar-refractivity contribution in [2.24, 2.45) is 0 Å². The second kappa shape index (κ2) is 38.5. The summed E-state index contributed by atoms with van der Waals surface area (Å²) in [5.41, 5.74) is 0. The molecule has 0 aromatic heterocycles. The van der Waals surface area contributed by atoms with Gasteiger partial charge in [0.05, 0.1) is 13.2 Å². The van der Waals surface area contributed by atoms with Gasteiger partial charge in [-0.05, 0) is 38.5 Å². The fourth-order valence-electron chi connectivity index (χ4n) is 7.70. The molecule has 60 heavy (non-hydrogen) atoms. The van der Waals surface area contributed by atoms with Crippen molar-refractivity contribution in [1.29, 1.82) is 0 Å². The van der Waals surface area contributed by atoms with E-state index < -0.39 is 63.1 Å². The molecule has 0 aliphatic heterocycles. The summed E-state index contributed by atoms with van der Waals surface area (Å²) in [6.07, 6.45) is 30.1. The van der Waals surface area contributed by atoms with E-state index in [2.05, 4.69) is 26.0 Å². The number of allylic oxidation sites excluding steroid dienone is 2. The highest BCUT2D eigenvalue weighted by atomic mass is 31.2. The highest BCUT2D eigenvalue weighted by molar-refractivity contribution is 7.47. The Bertz CT molecular complexity index is 1050. The summed E-state index contributed by atoms with van der Waals surface area (Å²) in [6.45, 7) is 4.27. The Morgan fingerprint density at radius 2 is 0.883 bits per heavy atom. The number of phosphoric acid groups is 1. The number of phosphoric ester groups is 1. The molecule has 0 amide bonds. The van der Waals surface area contributed by atoms with Crippen molar-refractivity contribution in [3.05, 3.63) is 12.2 Å². The molecule has 1 rings (SSSR count). The Balaban J connectivity index is 2.28. The monoisotopic (exact) mass is 879 g/mol. The molecule has 6 atom stereocenters. The summed E-state index contributed by atoms with van der Waals surface area (Å²) in [6, 6.07) is 0. The SMILES string of the molecule is CCCCCCCCCC/C=C\CCCCCCCCCCCCCC(=O)OC(COCCCCCCCCCCCC)COP(=O)(O)OC1C(O)C(O)C(O)C(O)C1O. The Morgan fingerprint density at radius 1 is 0.517 bits per heavy atom. The van der Waals surface area contributed by atoms with Gasteiger partial charge in [-0.1, -0.05) is 187 Å². The van der Waals surface area contributed by atoms with Gasteiger partial charge < -0.3 is 39.9 Å². The molecule has 1 fully saturated rings. The van der Waals surface area contributed by atoms with Crippen molar-refractivity contribution >= 4 is 13.8 Å². The van der Waals surface area contributed by atoms with Gasteiger partial charge in [0, 0.05) is 13.0 Å². The number of aliphatic hydroxyl groups is 5. The Hall–Kier alpha value is -0.920. The summed E-state index contributed by atoms with van der Waals surface area (Å²) in [4.78, 5) is 23.1. The molecule has 1 saturated carbocycles. The lowest BCUT2D eigenvalue weighted by Crippen LogP contribution is -2.64. The summed E-state index contributed by atoms with van der Waals surface area (Å²) in [5.74, 6) is -0.475. The van der Waals surface area contributed by atoms with Crippen LogP contribution in [0.25, 0.3) is 0 Å². The van der Waals surface area contributed by atoms with Gasteiger partial charge in [0.1, 0.15) is 42.7 Å². The van der Waals surface area contributed by atoms with Crippen LogP contribution >= 0.6 is 7.82 Å². The second-order valence-corrected chi connectivity index (χ2v) is 18.7. The molecule has 1 aliphatic carbocycles. The molecular weight excluding hydrogens is 787 g/mol. The van der Waals surface area contributed by atoms with E-state index in [1.54, 1.807) is 0 Å². The average Bonchev–Trinajstić information content (AvgIpc) is 3.23. The molecule has 0 bridgehead atoms. The van der Waals surface area contributed by atoms with Crippen molar-refractivity contribution in [2.45, 2.75) is 262 Å². The largest absolute Gasteiger partial charge is 0.472 e. The third-order valence-electron chi connectivity index (χ3n) is 11.6. The van der Waals surface area contributed by atoms with Crippen LogP contribution in [0.5, 0.6) is 0 Å². The van der Waals surface area contributed by atoms with E-state index in [9.17, 15) is 39.8 Å². The van der Waals surface area contributed by atoms with Crippen LogP contribution < -0.4 is 0 Å². The quantitative estimate of drug-likeness (QED) is 0.0147. The van der Waals surface area contributed by atoms with Crippen molar-refractivity contribution < 1.29 is 58.3 Å². The molecule has 0 heterocycles. The highest BCUT2D eigenvalue weighted by Crippen LogP contribution is 2.47. The van der Waals surface area contributed by atoms with E-state index in [1.807, 2.05) is 0 Å². The van der Waals surface area contributed by atoms with E-state index in [0.29, 0.717) is 13.0 Å². The van der Waals surface area contributed by atoms with Crippen LogP contribution in [0.3, 0.4) is 0 Å². The van der Waals surface area contributed by atoms with Gasteiger partial charge in [0.2, 0.25) is 0 Å². The molecule has 6 unspecified atom stereocenters. The Morgan fingerprint density at radius 3 is 1.32 bits per heavy atom. The summed E-state index contributed by atoms with van der Waals surface area (Å²) in [5, 5.41) is 50.1. The Kier molecular flexibility index (Phi) is 36.7. The van der Waals surface area contributed by atoms with Gasteiger partial charge in [-0.3, -0.25) is 13.8 Å². The van der Waals surface area contributed by atoms with Crippen LogP contribution in [0.4, 0.5) is 0 Å². The number of hydrogen-bond acceptors (Lipinski definition) is 11. The predicted molar refractivity (Wildman–Crippen MR) is 240 cm³/mol. The number of ether oxygens (including phenoxy) is 2. The zero-order valence-electron chi connectivity index (χ0n) is 38.0. The number of hydrogen-bond donors (Lipinski definition) is 6. The van der Waals surface area contributed by atoms with E-state index >= 15 is 0 Å². The zero-order valence-corrected chi connectivity index (χ0v) is 38.9. The summed E-state index contributed by atoms with van der Waals surface area (Å²) < 4.78 is 34.2. The molecule has 6 N–H and O–H groups in total. The minimum absolute atomic E-state index is 0.0715. The molecule has 0 aromatic carbocycles. The van der Waals surface area contributed by atoms with Gasteiger partial charge in [-0.25, -0.2) is 4.57 Å². The minimum Gasteiger partial charge on any atom is -0.457 e. The topological polar surface area (TPSA) is 192 Å². The van der Waals surface area contributed by atoms with Crippen LogP contribution in [-0.2, 0) is 27.9 Å². The second-order valence-electron chi connectivity index (χ2n) is 17.3. The zero-order chi connectivity index (χ0) is 44.1. The lowest BCUT2D eigenvalue weighted by Gasteiger charge is -2.41. The highest BCUT2D eigenvalue weighted by Gasteiger charge is 2.51. The van der Waals surface area contributed by atoms with E-state index in [0.717, 1.165) is 38.5 Å². The molecule has 12 nitrogen and oxygen atoms in total. The van der Waals surface area contributed by atoms with E-state index in [1.165, 1.54) is 154 Å². The van der Waals surface area contributed by atoms with Crippen molar-refractivity contribution in [3.8, 4) is 0 Å². The van der Waals surface area contributed by atoms with Crippen LogP contribution in [-0.4, -0.2) is 98.9 Å². The molecular formula is C47H91O12P. The van der Waals surface area contributed by atoms with Crippen molar-refractivity contribution in [3.63, 3.8) is 0 Å². The van der Waals surface area contributed by atoms with Crippen molar-refractivity contribution in [1.82, 2.24) is 0 Å². The minimum atomic E-state index is -5.01. The van der Waals surface area contributed by atoms with Crippen LogP contribution in [0.15, 0.2) is 12.2 Å². The fraction of sp³-hybridized carbons (Fsp3) is 0.936. The first-order valence-electron chi connectivity index (χ1n) is 24.5. The molecule has 13 heteroatoms. The van der Waals surface area contributed by atoms with Crippen LogP contribution in [0.1, 0.15) is 219 Å². The van der Waals surface area contributed by atoms with E-state index in [4.69, 9.17) is 18.5 Å². The maximum absolute atomic E-state index is 12.8. The first-order chi connectivity index (χ1) is 29.0.